The quantitative estimate of drug-likeness (QED) is 0.845. The standard InChI is InChI=1S/C16H18N4O2S/c1-10-13(23-15(19-10)14-17-6-3-7-18-14)16(21)20-8-9-22-12-5-2-4-11(12)20/h3,6-7,11-12H,2,4-5,8-9H2,1H3/t11-,12-/m1/s1. The van der Waals surface area contributed by atoms with Gasteiger partial charge in [-0.05, 0) is 32.3 Å². The van der Waals surface area contributed by atoms with Crippen LogP contribution in [0, 0.1) is 6.92 Å². The Morgan fingerprint density at radius 2 is 2.17 bits per heavy atom. The second-order valence-corrected chi connectivity index (χ2v) is 6.91. The summed E-state index contributed by atoms with van der Waals surface area (Å²) in [6.07, 6.45) is 6.79. The van der Waals surface area contributed by atoms with Gasteiger partial charge in [0.05, 0.1) is 24.4 Å². The average molecular weight is 330 g/mol. The first-order chi connectivity index (χ1) is 11.2. The molecule has 3 heterocycles. The molecular formula is C16H18N4O2S. The number of carbonyl (C=O) groups is 1. The van der Waals surface area contributed by atoms with Crippen LogP contribution in [0.4, 0.5) is 0 Å². The van der Waals surface area contributed by atoms with Gasteiger partial charge in [-0.15, -0.1) is 11.3 Å². The summed E-state index contributed by atoms with van der Waals surface area (Å²) in [4.78, 5) is 28.6. The van der Waals surface area contributed by atoms with Gasteiger partial charge in [0.2, 0.25) is 0 Å². The van der Waals surface area contributed by atoms with Gasteiger partial charge >= 0.3 is 0 Å². The average Bonchev–Trinajstić information content (AvgIpc) is 3.21. The summed E-state index contributed by atoms with van der Waals surface area (Å²) in [6, 6.07) is 1.98. The van der Waals surface area contributed by atoms with Crippen molar-refractivity contribution in [2.45, 2.75) is 38.3 Å². The molecule has 0 unspecified atom stereocenters. The van der Waals surface area contributed by atoms with Gasteiger partial charge in [-0.25, -0.2) is 15.0 Å². The van der Waals surface area contributed by atoms with E-state index in [1.54, 1.807) is 18.5 Å². The van der Waals surface area contributed by atoms with Crippen molar-refractivity contribution in [3.05, 3.63) is 29.0 Å². The number of morpholine rings is 1. The predicted molar refractivity (Wildman–Crippen MR) is 86.3 cm³/mol. The summed E-state index contributed by atoms with van der Waals surface area (Å²) in [5.41, 5.74) is 0.753. The van der Waals surface area contributed by atoms with Gasteiger partial charge in [-0.2, -0.15) is 0 Å². The highest BCUT2D eigenvalue weighted by molar-refractivity contribution is 7.17. The van der Waals surface area contributed by atoms with E-state index in [0.29, 0.717) is 28.9 Å². The highest BCUT2D eigenvalue weighted by Crippen LogP contribution is 2.33. The number of ether oxygens (including phenoxy) is 1. The molecule has 23 heavy (non-hydrogen) atoms. The van der Waals surface area contributed by atoms with Crippen molar-refractivity contribution in [3.63, 3.8) is 0 Å². The van der Waals surface area contributed by atoms with E-state index in [9.17, 15) is 4.79 Å². The maximum atomic E-state index is 13.0. The van der Waals surface area contributed by atoms with Crippen LogP contribution in [-0.4, -0.2) is 51.1 Å². The smallest absolute Gasteiger partial charge is 0.266 e. The van der Waals surface area contributed by atoms with Gasteiger partial charge in [0, 0.05) is 18.9 Å². The van der Waals surface area contributed by atoms with Gasteiger partial charge in [-0.3, -0.25) is 4.79 Å². The number of carbonyl (C=O) groups excluding carboxylic acids is 1. The van der Waals surface area contributed by atoms with Crippen molar-refractivity contribution >= 4 is 17.2 Å². The molecule has 2 aromatic rings. The largest absolute Gasteiger partial charge is 0.374 e. The molecule has 1 amide bonds. The minimum absolute atomic E-state index is 0.0716. The zero-order valence-corrected chi connectivity index (χ0v) is 13.8. The molecular weight excluding hydrogens is 312 g/mol. The molecule has 0 aromatic carbocycles. The third-order valence-electron chi connectivity index (χ3n) is 4.49. The zero-order valence-electron chi connectivity index (χ0n) is 12.9. The summed E-state index contributed by atoms with van der Waals surface area (Å²) in [6.45, 7) is 3.16. The molecule has 0 spiro atoms. The van der Waals surface area contributed by atoms with Gasteiger partial charge in [0.15, 0.2) is 10.8 Å². The van der Waals surface area contributed by atoms with E-state index in [-0.39, 0.29) is 18.1 Å². The number of hydrogen-bond donors (Lipinski definition) is 0. The van der Waals surface area contributed by atoms with Gasteiger partial charge in [0.25, 0.3) is 5.91 Å². The Bertz CT molecular complexity index is 718. The monoisotopic (exact) mass is 330 g/mol. The van der Waals surface area contributed by atoms with Crippen LogP contribution in [0.5, 0.6) is 0 Å². The maximum Gasteiger partial charge on any atom is 0.266 e. The lowest BCUT2D eigenvalue weighted by Gasteiger charge is -2.37. The van der Waals surface area contributed by atoms with Crippen LogP contribution in [0.25, 0.3) is 10.8 Å². The van der Waals surface area contributed by atoms with Crippen molar-refractivity contribution in [3.8, 4) is 10.8 Å². The summed E-state index contributed by atoms with van der Waals surface area (Å²) in [7, 11) is 0. The van der Waals surface area contributed by atoms with Crippen LogP contribution in [0.1, 0.15) is 34.6 Å². The van der Waals surface area contributed by atoms with Gasteiger partial charge < -0.3 is 9.64 Å². The van der Waals surface area contributed by atoms with E-state index in [0.717, 1.165) is 25.0 Å². The maximum absolute atomic E-state index is 13.0. The molecule has 0 radical (unpaired) electrons. The third kappa shape index (κ3) is 2.64. The fourth-order valence-corrected chi connectivity index (χ4v) is 4.38. The molecule has 2 aliphatic rings. The summed E-state index contributed by atoms with van der Waals surface area (Å²) in [5, 5.41) is 0.697. The third-order valence-corrected chi connectivity index (χ3v) is 5.63. The Labute approximate surface area is 138 Å². The highest BCUT2D eigenvalue weighted by atomic mass is 32.1. The Hall–Kier alpha value is -1.86. The SMILES string of the molecule is Cc1nc(-c2ncccn2)sc1C(=O)N1CCO[C@@H]2CCC[C@H]21. The van der Waals surface area contributed by atoms with Crippen LogP contribution in [0.15, 0.2) is 18.5 Å². The Morgan fingerprint density at radius 3 is 3.00 bits per heavy atom. The molecule has 7 heteroatoms. The van der Waals surface area contributed by atoms with E-state index in [2.05, 4.69) is 15.0 Å². The van der Waals surface area contributed by atoms with Crippen LogP contribution >= 0.6 is 11.3 Å². The Morgan fingerprint density at radius 1 is 1.35 bits per heavy atom. The van der Waals surface area contributed by atoms with Crippen LogP contribution in [0.2, 0.25) is 0 Å². The van der Waals surface area contributed by atoms with Crippen molar-refractivity contribution < 1.29 is 9.53 Å². The summed E-state index contributed by atoms with van der Waals surface area (Å²) >= 11 is 1.38. The van der Waals surface area contributed by atoms with E-state index < -0.39 is 0 Å². The van der Waals surface area contributed by atoms with E-state index in [1.807, 2.05) is 11.8 Å². The van der Waals surface area contributed by atoms with Crippen molar-refractivity contribution in [2.24, 2.45) is 0 Å². The molecule has 2 fully saturated rings. The Kier molecular flexibility index (Phi) is 3.82. The zero-order chi connectivity index (χ0) is 15.8. The van der Waals surface area contributed by atoms with E-state index in [1.165, 1.54) is 11.3 Å². The molecule has 0 N–H and O–H groups in total. The van der Waals surface area contributed by atoms with Crippen molar-refractivity contribution in [2.75, 3.05) is 13.2 Å². The van der Waals surface area contributed by atoms with Gasteiger partial charge in [-0.1, -0.05) is 0 Å². The molecule has 1 aliphatic heterocycles. The number of amides is 1. The fourth-order valence-electron chi connectivity index (χ4n) is 3.41. The minimum Gasteiger partial charge on any atom is -0.374 e. The number of fused-ring (bicyclic) bond motifs is 1. The molecule has 4 rings (SSSR count). The fraction of sp³-hybridized carbons (Fsp3) is 0.500. The van der Waals surface area contributed by atoms with E-state index >= 15 is 0 Å². The predicted octanol–water partition coefficient (Wildman–Crippen LogP) is 2.30. The van der Waals surface area contributed by atoms with Crippen molar-refractivity contribution in [1.29, 1.82) is 0 Å². The van der Waals surface area contributed by atoms with E-state index in [4.69, 9.17) is 4.74 Å². The molecule has 6 nitrogen and oxygen atoms in total. The summed E-state index contributed by atoms with van der Waals surface area (Å²) in [5.74, 6) is 0.641. The molecule has 2 aromatic heterocycles. The van der Waals surface area contributed by atoms with Crippen molar-refractivity contribution in [1.82, 2.24) is 19.9 Å². The van der Waals surface area contributed by atoms with Crippen LogP contribution in [-0.2, 0) is 4.74 Å². The normalized spacial score (nSPS) is 23.8. The molecule has 0 bridgehead atoms. The molecule has 120 valence electrons. The second-order valence-electron chi connectivity index (χ2n) is 5.91. The lowest BCUT2D eigenvalue weighted by atomic mass is 10.1. The van der Waals surface area contributed by atoms with Crippen LogP contribution in [0.3, 0.4) is 0 Å². The molecule has 1 aliphatic carbocycles. The first-order valence-electron chi connectivity index (χ1n) is 7.91. The number of hydrogen-bond acceptors (Lipinski definition) is 6. The second kappa shape index (κ2) is 5.98. The number of nitrogens with zero attached hydrogens (tertiary/aromatic N) is 4. The molecule has 1 saturated carbocycles. The first-order valence-corrected chi connectivity index (χ1v) is 8.73. The number of thiazole rings is 1. The lowest BCUT2D eigenvalue weighted by Crippen LogP contribution is -2.51. The molecule has 2 atom stereocenters. The highest BCUT2D eigenvalue weighted by Gasteiger charge is 2.39. The molecule has 1 saturated heterocycles. The number of aromatic nitrogens is 3. The number of aryl methyl sites for hydroxylation is 1. The summed E-state index contributed by atoms with van der Waals surface area (Å²) < 4.78 is 5.80. The van der Waals surface area contributed by atoms with Crippen LogP contribution < -0.4 is 0 Å². The lowest BCUT2D eigenvalue weighted by molar-refractivity contribution is -0.0444. The first kappa shape index (κ1) is 14.7. The Balaban J connectivity index is 1.62. The van der Waals surface area contributed by atoms with Gasteiger partial charge in [0.1, 0.15) is 4.88 Å². The topological polar surface area (TPSA) is 68.2 Å². The number of rotatable bonds is 2. The minimum atomic E-state index is 0.0716.